The van der Waals surface area contributed by atoms with Crippen LogP contribution in [0.2, 0.25) is 0 Å². The van der Waals surface area contributed by atoms with Crippen LogP contribution in [0.5, 0.6) is 0 Å². The van der Waals surface area contributed by atoms with Crippen LogP contribution in [-0.2, 0) is 0 Å². The fraction of sp³-hybridized carbons (Fsp3) is 0.143. The number of halogens is 3. The van der Waals surface area contributed by atoms with Crippen molar-refractivity contribution in [2.24, 2.45) is 5.84 Å². The second kappa shape index (κ2) is 5.77. The largest absolute Gasteiger partial charge is 0.271 e. The van der Waals surface area contributed by atoms with Gasteiger partial charge >= 0.3 is 0 Å². The van der Waals surface area contributed by atoms with Gasteiger partial charge in [-0.15, -0.1) is 0 Å². The minimum absolute atomic E-state index is 0.314. The summed E-state index contributed by atoms with van der Waals surface area (Å²) in [5.41, 5.74) is 4.69. The maximum absolute atomic E-state index is 13.8. The molecule has 0 aliphatic rings. The molecule has 2 rings (SSSR count). The maximum Gasteiger partial charge on any atom is 0.131 e. The summed E-state index contributed by atoms with van der Waals surface area (Å²) in [4.78, 5) is 0. The molecule has 0 aliphatic heterocycles. The van der Waals surface area contributed by atoms with Crippen LogP contribution < -0.4 is 11.3 Å². The van der Waals surface area contributed by atoms with Gasteiger partial charge in [0.15, 0.2) is 0 Å². The van der Waals surface area contributed by atoms with E-state index in [1.165, 1.54) is 12.1 Å². The number of aryl methyl sites for hydroxylation is 1. The average Bonchev–Trinajstić information content (AvgIpc) is 2.34. The summed E-state index contributed by atoms with van der Waals surface area (Å²) in [7, 11) is 0. The molecule has 0 saturated carbocycles. The minimum Gasteiger partial charge on any atom is -0.271 e. The average molecular weight is 327 g/mol. The number of hydrazine groups is 1. The quantitative estimate of drug-likeness (QED) is 0.668. The molecule has 5 heteroatoms. The van der Waals surface area contributed by atoms with Gasteiger partial charge < -0.3 is 0 Å². The number of rotatable bonds is 3. The monoisotopic (exact) mass is 326 g/mol. The van der Waals surface area contributed by atoms with Crippen LogP contribution >= 0.6 is 15.9 Å². The van der Waals surface area contributed by atoms with E-state index in [-0.39, 0.29) is 0 Å². The molecule has 0 aliphatic carbocycles. The van der Waals surface area contributed by atoms with Gasteiger partial charge in [0.05, 0.1) is 6.04 Å². The summed E-state index contributed by atoms with van der Waals surface area (Å²) < 4.78 is 27.7. The van der Waals surface area contributed by atoms with Crippen molar-refractivity contribution < 1.29 is 8.78 Å². The van der Waals surface area contributed by atoms with Gasteiger partial charge in [-0.3, -0.25) is 5.84 Å². The molecule has 0 fully saturated rings. The molecule has 2 aromatic rings. The fourth-order valence-electron chi connectivity index (χ4n) is 2.05. The van der Waals surface area contributed by atoms with Gasteiger partial charge in [0.2, 0.25) is 0 Å². The number of hydrogen-bond acceptors (Lipinski definition) is 2. The molecule has 100 valence electrons. The molecule has 0 heterocycles. The van der Waals surface area contributed by atoms with E-state index >= 15 is 0 Å². The molecule has 0 aromatic heterocycles. The van der Waals surface area contributed by atoms with Crippen LogP contribution in [0.1, 0.15) is 22.7 Å². The first kappa shape index (κ1) is 14.1. The van der Waals surface area contributed by atoms with Crippen molar-refractivity contribution in [3.63, 3.8) is 0 Å². The topological polar surface area (TPSA) is 38.0 Å². The fourth-order valence-corrected chi connectivity index (χ4v) is 2.52. The van der Waals surface area contributed by atoms with Gasteiger partial charge in [0.25, 0.3) is 0 Å². The van der Waals surface area contributed by atoms with Crippen LogP contribution in [-0.4, -0.2) is 0 Å². The van der Waals surface area contributed by atoms with E-state index in [1.54, 1.807) is 0 Å². The molecule has 2 nitrogen and oxygen atoms in total. The summed E-state index contributed by atoms with van der Waals surface area (Å²) in [5, 5.41) is 0. The Morgan fingerprint density at radius 1 is 1.11 bits per heavy atom. The first-order valence-electron chi connectivity index (χ1n) is 5.70. The third kappa shape index (κ3) is 3.00. The van der Waals surface area contributed by atoms with Crippen LogP contribution in [0.25, 0.3) is 0 Å². The van der Waals surface area contributed by atoms with Crippen molar-refractivity contribution in [2.45, 2.75) is 13.0 Å². The summed E-state index contributed by atoms with van der Waals surface area (Å²) in [6.45, 7) is 1.91. The lowest BCUT2D eigenvalue weighted by molar-refractivity contribution is 0.540. The number of nitrogens with two attached hydrogens (primary N) is 1. The molecule has 1 atom stereocenters. The predicted octanol–water partition coefficient (Wildman–Crippen LogP) is 3.59. The lowest BCUT2D eigenvalue weighted by atomic mass is 9.95. The molecule has 1 unspecified atom stereocenters. The first-order chi connectivity index (χ1) is 9.02. The van der Waals surface area contributed by atoms with E-state index in [9.17, 15) is 8.78 Å². The predicted molar refractivity (Wildman–Crippen MR) is 74.4 cm³/mol. The van der Waals surface area contributed by atoms with E-state index in [4.69, 9.17) is 5.84 Å². The van der Waals surface area contributed by atoms with E-state index in [1.807, 2.05) is 25.1 Å². The zero-order valence-corrected chi connectivity index (χ0v) is 11.8. The number of benzene rings is 2. The van der Waals surface area contributed by atoms with Gasteiger partial charge in [-0.05, 0) is 36.2 Å². The van der Waals surface area contributed by atoms with Crippen molar-refractivity contribution >= 4 is 15.9 Å². The molecule has 19 heavy (non-hydrogen) atoms. The number of hydrogen-bond donors (Lipinski definition) is 2. The Kier molecular flexibility index (Phi) is 4.29. The van der Waals surface area contributed by atoms with Crippen molar-refractivity contribution in [3.8, 4) is 0 Å². The highest BCUT2D eigenvalue weighted by Crippen LogP contribution is 2.28. The smallest absolute Gasteiger partial charge is 0.131 e. The third-order valence-electron chi connectivity index (χ3n) is 2.98. The normalized spacial score (nSPS) is 12.5. The summed E-state index contributed by atoms with van der Waals surface area (Å²) in [5.74, 6) is 4.30. The maximum atomic E-state index is 13.8. The molecule has 0 radical (unpaired) electrons. The SMILES string of the molecule is Cc1cc(Br)ccc1C(NN)c1ccc(F)cc1F. The highest BCUT2D eigenvalue weighted by molar-refractivity contribution is 9.10. The molecule has 3 N–H and O–H groups in total. The van der Waals surface area contributed by atoms with Gasteiger partial charge in [0.1, 0.15) is 11.6 Å². The highest BCUT2D eigenvalue weighted by Gasteiger charge is 2.18. The zero-order chi connectivity index (χ0) is 14.0. The zero-order valence-electron chi connectivity index (χ0n) is 10.3. The lowest BCUT2D eigenvalue weighted by Gasteiger charge is -2.20. The third-order valence-corrected chi connectivity index (χ3v) is 3.48. The molecule has 0 spiro atoms. The Balaban J connectivity index is 2.50. The Morgan fingerprint density at radius 3 is 2.37 bits per heavy atom. The molecule has 2 aromatic carbocycles. The second-order valence-electron chi connectivity index (χ2n) is 4.27. The molecule has 0 saturated heterocycles. The van der Waals surface area contributed by atoms with E-state index < -0.39 is 17.7 Å². The van der Waals surface area contributed by atoms with Gasteiger partial charge in [-0.1, -0.05) is 28.1 Å². The molecule has 0 amide bonds. The first-order valence-corrected chi connectivity index (χ1v) is 6.49. The molecule has 0 bridgehead atoms. The van der Waals surface area contributed by atoms with Crippen molar-refractivity contribution in [2.75, 3.05) is 0 Å². The van der Waals surface area contributed by atoms with Crippen molar-refractivity contribution in [3.05, 3.63) is 69.2 Å². The van der Waals surface area contributed by atoms with E-state index in [0.717, 1.165) is 21.7 Å². The second-order valence-corrected chi connectivity index (χ2v) is 5.18. The van der Waals surface area contributed by atoms with E-state index in [2.05, 4.69) is 21.4 Å². The van der Waals surface area contributed by atoms with Crippen molar-refractivity contribution in [1.29, 1.82) is 0 Å². The highest BCUT2D eigenvalue weighted by atomic mass is 79.9. The Bertz CT molecular complexity index is 550. The summed E-state index contributed by atoms with van der Waals surface area (Å²) >= 11 is 3.37. The standard InChI is InChI=1S/C14H13BrF2N2/c1-8-6-9(15)2-4-11(8)14(19-18)12-5-3-10(16)7-13(12)17/h2-7,14,19H,18H2,1H3. The van der Waals surface area contributed by atoms with Crippen LogP contribution in [0.4, 0.5) is 8.78 Å². The Hall–Kier alpha value is -1.30. The summed E-state index contributed by atoms with van der Waals surface area (Å²) in [6.07, 6.45) is 0. The number of nitrogens with one attached hydrogen (secondary N) is 1. The van der Waals surface area contributed by atoms with Crippen molar-refractivity contribution in [1.82, 2.24) is 5.43 Å². The molecular weight excluding hydrogens is 314 g/mol. The van der Waals surface area contributed by atoms with Gasteiger partial charge in [0, 0.05) is 16.1 Å². The lowest BCUT2D eigenvalue weighted by Crippen LogP contribution is -2.30. The van der Waals surface area contributed by atoms with Crippen LogP contribution in [0.3, 0.4) is 0 Å². The van der Waals surface area contributed by atoms with Gasteiger partial charge in [-0.25, -0.2) is 14.2 Å². The Morgan fingerprint density at radius 2 is 1.79 bits per heavy atom. The Labute approximate surface area is 118 Å². The van der Waals surface area contributed by atoms with Crippen LogP contribution in [0.15, 0.2) is 40.9 Å². The van der Waals surface area contributed by atoms with E-state index in [0.29, 0.717) is 5.56 Å². The van der Waals surface area contributed by atoms with Crippen LogP contribution in [0, 0.1) is 18.6 Å². The van der Waals surface area contributed by atoms with Gasteiger partial charge in [-0.2, -0.15) is 0 Å². The molecular formula is C14H13BrF2N2. The summed E-state index contributed by atoms with van der Waals surface area (Å²) in [6, 6.07) is 8.58. The minimum atomic E-state index is -0.620.